The van der Waals surface area contributed by atoms with Crippen LogP contribution in [0.4, 0.5) is 11.4 Å². The number of carbonyl (C=O) groups excluding carboxylic acids is 2. The van der Waals surface area contributed by atoms with Gasteiger partial charge in [-0.05, 0) is 86.1 Å². The molecule has 3 rings (SSSR count). The molecule has 7 heteroatoms. The number of carbonyl (C=O) groups is 2. The molecule has 0 bridgehead atoms. The molecule has 0 saturated heterocycles. The Bertz CT molecular complexity index is 1120. The maximum absolute atomic E-state index is 12.7. The second-order valence-corrected chi connectivity index (χ2v) is 11.8. The molecule has 0 heterocycles. The van der Waals surface area contributed by atoms with Crippen LogP contribution in [0.3, 0.4) is 0 Å². The van der Waals surface area contributed by atoms with E-state index in [-0.39, 0.29) is 30.7 Å². The van der Waals surface area contributed by atoms with Crippen molar-refractivity contribution in [1.29, 1.82) is 0 Å². The Morgan fingerprint density at radius 3 is 2.14 bits per heavy atom. The zero-order chi connectivity index (χ0) is 30.9. The number of hydrogen-bond acceptors (Lipinski definition) is 7. The molecular weight excluding hydrogens is 540 g/mol. The Morgan fingerprint density at radius 2 is 1.47 bits per heavy atom. The first-order valence-corrected chi connectivity index (χ1v) is 16.3. The second-order valence-electron chi connectivity index (χ2n) is 11.8. The molecule has 2 aromatic carbocycles. The topological polar surface area (TPSA) is 114 Å². The van der Waals surface area contributed by atoms with Crippen LogP contribution >= 0.6 is 0 Å². The first-order valence-electron chi connectivity index (χ1n) is 16.3. The number of nitrogens with two attached hydrogens (primary N) is 2. The minimum Gasteiger partial charge on any atom is -0.462 e. The van der Waals surface area contributed by atoms with Gasteiger partial charge in [0.05, 0.1) is 18.3 Å². The normalized spacial score (nSPS) is 17.5. The number of esters is 2. The molecule has 2 aromatic rings. The quantitative estimate of drug-likeness (QED) is 0.0775. The van der Waals surface area contributed by atoms with Crippen molar-refractivity contribution in [2.75, 3.05) is 24.7 Å². The molecule has 1 aliphatic carbocycles. The standard InChI is InChI=1S/C36H52N2O5/c1-3-5-7-8-9-10-22-41-33-17-19-34(20-18-33)43-36(40)28-15-12-27(13-16-28)14-21-35(39)42-26-29(11-6-4-2)30-23-31(37)25-32(38)24-30/h12-16,21,23-25,29,33-34H,3-11,17-20,22,26,37-38H2,1-2H3. The summed E-state index contributed by atoms with van der Waals surface area (Å²) in [5, 5.41) is 0. The van der Waals surface area contributed by atoms with E-state index in [4.69, 9.17) is 25.7 Å². The van der Waals surface area contributed by atoms with Crippen LogP contribution < -0.4 is 11.5 Å². The highest BCUT2D eigenvalue weighted by atomic mass is 16.5. The van der Waals surface area contributed by atoms with Gasteiger partial charge in [0.2, 0.25) is 0 Å². The van der Waals surface area contributed by atoms with Crippen LogP contribution in [0, 0.1) is 0 Å². The van der Waals surface area contributed by atoms with Crippen LogP contribution in [-0.4, -0.2) is 37.4 Å². The van der Waals surface area contributed by atoms with Crippen LogP contribution in [-0.2, 0) is 19.0 Å². The van der Waals surface area contributed by atoms with Crippen LogP contribution in [0.15, 0.2) is 48.5 Å². The lowest BCUT2D eigenvalue weighted by Gasteiger charge is -2.28. The van der Waals surface area contributed by atoms with Crippen molar-refractivity contribution >= 4 is 29.4 Å². The third-order valence-corrected chi connectivity index (χ3v) is 8.11. The number of rotatable bonds is 18. The highest BCUT2D eigenvalue weighted by Crippen LogP contribution is 2.27. The van der Waals surface area contributed by atoms with Gasteiger partial charge in [-0.1, -0.05) is 70.9 Å². The fourth-order valence-corrected chi connectivity index (χ4v) is 5.53. The minimum atomic E-state index is -0.423. The van der Waals surface area contributed by atoms with E-state index >= 15 is 0 Å². The molecule has 1 atom stereocenters. The lowest BCUT2D eigenvalue weighted by atomic mass is 9.93. The lowest BCUT2D eigenvalue weighted by Crippen LogP contribution is -2.28. The maximum atomic E-state index is 12.7. The van der Waals surface area contributed by atoms with Crippen molar-refractivity contribution < 1.29 is 23.8 Å². The third-order valence-electron chi connectivity index (χ3n) is 8.11. The summed E-state index contributed by atoms with van der Waals surface area (Å²) in [7, 11) is 0. The van der Waals surface area contributed by atoms with E-state index in [1.54, 1.807) is 36.4 Å². The van der Waals surface area contributed by atoms with Gasteiger partial charge in [-0.25, -0.2) is 9.59 Å². The predicted molar refractivity (Wildman–Crippen MR) is 175 cm³/mol. The monoisotopic (exact) mass is 592 g/mol. The number of ether oxygens (including phenoxy) is 3. The summed E-state index contributed by atoms with van der Waals surface area (Å²) < 4.78 is 17.4. The third kappa shape index (κ3) is 12.8. The summed E-state index contributed by atoms with van der Waals surface area (Å²) in [5.74, 6) is -0.707. The van der Waals surface area contributed by atoms with Gasteiger partial charge >= 0.3 is 11.9 Å². The van der Waals surface area contributed by atoms with Crippen molar-refractivity contribution in [2.45, 2.75) is 115 Å². The molecule has 1 saturated carbocycles. The smallest absolute Gasteiger partial charge is 0.338 e. The fourth-order valence-electron chi connectivity index (χ4n) is 5.53. The number of benzene rings is 2. The van der Waals surface area contributed by atoms with Gasteiger partial charge in [0.1, 0.15) is 6.10 Å². The maximum Gasteiger partial charge on any atom is 0.338 e. The Kier molecular flexibility index (Phi) is 15.1. The Labute approximate surface area is 258 Å². The van der Waals surface area contributed by atoms with Crippen LogP contribution in [0.25, 0.3) is 6.08 Å². The molecule has 0 radical (unpaired) electrons. The SMILES string of the molecule is CCCCCCCCOC1CCC(OC(=O)c2ccc(C=CC(=O)OCC(CCCC)c3cc(N)cc(N)c3)cc2)CC1. The van der Waals surface area contributed by atoms with E-state index in [2.05, 4.69) is 13.8 Å². The summed E-state index contributed by atoms with van der Waals surface area (Å²) in [6.45, 7) is 5.45. The molecule has 0 aliphatic heterocycles. The zero-order valence-electron chi connectivity index (χ0n) is 26.2. The molecule has 1 fully saturated rings. The molecule has 43 heavy (non-hydrogen) atoms. The summed E-state index contributed by atoms with van der Waals surface area (Å²) in [6, 6.07) is 12.6. The molecule has 0 spiro atoms. The minimum absolute atomic E-state index is 0.0288. The first kappa shape index (κ1) is 34.2. The average Bonchev–Trinajstić information content (AvgIpc) is 3.00. The average molecular weight is 593 g/mol. The molecule has 236 valence electrons. The van der Waals surface area contributed by atoms with Crippen LogP contribution in [0.5, 0.6) is 0 Å². The number of unbranched alkanes of at least 4 members (excludes halogenated alkanes) is 6. The largest absolute Gasteiger partial charge is 0.462 e. The van der Waals surface area contributed by atoms with Crippen molar-refractivity contribution in [3.05, 3.63) is 65.2 Å². The first-order chi connectivity index (χ1) is 20.9. The van der Waals surface area contributed by atoms with E-state index in [1.165, 1.54) is 38.2 Å². The van der Waals surface area contributed by atoms with Gasteiger partial charge in [0.25, 0.3) is 0 Å². The molecule has 1 unspecified atom stereocenters. The summed E-state index contributed by atoms with van der Waals surface area (Å²) in [5.41, 5.74) is 15.4. The molecular formula is C36H52N2O5. The molecule has 0 aromatic heterocycles. The van der Waals surface area contributed by atoms with Crippen molar-refractivity contribution in [3.63, 3.8) is 0 Å². The van der Waals surface area contributed by atoms with Gasteiger partial charge in [-0.3, -0.25) is 0 Å². The van der Waals surface area contributed by atoms with Gasteiger partial charge < -0.3 is 25.7 Å². The zero-order valence-corrected chi connectivity index (χ0v) is 26.2. The Morgan fingerprint density at radius 1 is 0.837 bits per heavy atom. The number of nitrogen functional groups attached to an aromatic ring is 2. The van der Waals surface area contributed by atoms with E-state index < -0.39 is 5.97 Å². The van der Waals surface area contributed by atoms with Gasteiger partial charge in [-0.15, -0.1) is 0 Å². The van der Waals surface area contributed by atoms with Gasteiger partial charge in [0.15, 0.2) is 0 Å². The van der Waals surface area contributed by atoms with Gasteiger partial charge in [-0.2, -0.15) is 0 Å². The molecule has 7 nitrogen and oxygen atoms in total. The van der Waals surface area contributed by atoms with Crippen molar-refractivity contribution in [1.82, 2.24) is 0 Å². The summed E-state index contributed by atoms with van der Waals surface area (Å²) >= 11 is 0. The van der Waals surface area contributed by atoms with Crippen LogP contribution in [0.2, 0.25) is 0 Å². The van der Waals surface area contributed by atoms with E-state index in [9.17, 15) is 9.59 Å². The lowest BCUT2D eigenvalue weighted by molar-refractivity contribution is -0.138. The highest BCUT2D eigenvalue weighted by molar-refractivity contribution is 5.90. The van der Waals surface area contributed by atoms with E-state index in [1.807, 2.05) is 12.1 Å². The van der Waals surface area contributed by atoms with E-state index in [0.29, 0.717) is 16.9 Å². The van der Waals surface area contributed by atoms with Crippen LogP contribution in [0.1, 0.15) is 125 Å². The molecule has 0 amide bonds. The van der Waals surface area contributed by atoms with Crippen molar-refractivity contribution in [3.8, 4) is 0 Å². The van der Waals surface area contributed by atoms with Crippen molar-refractivity contribution in [2.24, 2.45) is 0 Å². The molecule has 4 N–H and O–H groups in total. The second kappa shape index (κ2) is 19.1. The van der Waals surface area contributed by atoms with E-state index in [0.717, 1.165) is 69.1 Å². The summed E-state index contributed by atoms with van der Waals surface area (Å²) in [4.78, 5) is 25.2. The highest BCUT2D eigenvalue weighted by Gasteiger charge is 2.25. The number of anilines is 2. The summed E-state index contributed by atoms with van der Waals surface area (Å²) in [6.07, 6.45) is 17.4. The predicted octanol–water partition coefficient (Wildman–Crippen LogP) is 8.23. The Balaban J connectivity index is 1.38. The number of hydrogen-bond donors (Lipinski definition) is 2. The fraction of sp³-hybridized carbons (Fsp3) is 0.556. The molecule has 1 aliphatic rings. The Hall–Kier alpha value is -3.32. The van der Waals surface area contributed by atoms with Gasteiger partial charge in [0, 0.05) is 30.0 Å².